The fraction of sp³-hybridized carbons (Fsp3) is 0.429. The standard InChI is InChI=1S/C14H19N3O3S/c1-9-10(14(20-3)17(2)16-9)8-15-11(7-13(18)19)12-5-4-6-21-12/h4-6,11,15H,7-8H2,1-3H3,(H,18,19). The van der Waals surface area contributed by atoms with Crippen molar-refractivity contribution in [2.45, 2.75) is 25.9 Å². The van der Waals surface area contributed by atoms with Crippen LogP contribution in [-0.2, 0) is 18.4 Å². The van der Waals surface area contributed by atoms with Crippen LogP contribution in [0.2, 0.25) is 0 Å². The molecular weight excluding hydrogens is 290 g/mol. The highest BCUT2D eigenvalue weighted by molar-refractivity contribution is 7.10. The van der Waals surface area contributed by atoms with E-state index in [1.807, 2.05) is 31.5 Å². The van der Waals surface area contributed by atoms with Gasteiger partial charge in [-0.3, -0.25) is 4.79 Å². The zero-order chi connectivity index (χ0) is 15.4. The number of hydrogen-bond donors (Lipinski definition) is 2. The van der Waals surface area contributed by atoms with Gasteiger partial charge in [0.15, 0.2) is 0 Å². The maximum Gasteiger partial charge on any atom is 0.305 e. The number of thiophene rings is 1. The van der Waals surface area contributed by atoms with Crippen molar-refractivity contribution in [2.24, 2.45) is 7.05 Å². The highest BCUT2D eigenvalue weighted by atomic mass is 32.1. The molecule has 1 atom stereocenters. The van der Waals surface area contributed by atoms with Gasteiger partial charge in [0.05, 0.1) is 30.8 Å². The van der Waals surface area contributed by atoms with E-state index < -0.39 is 5.97 Å². The Morgan fingerprint density at radius 1 is 1.62 bits per heavy atom. The molecular formula is C14H19N3O3S. The number of aliphatic carboxylic acids is 1. The van der Waals surface area contributed by atoms with Crippen molar-refractivity contribution in [1.29, 1.82) is 0 Å². The van der Waals surface area contributed by atoms with E-state index in [9.17, 15) is 4.79 Å². The number of carboxylic acid groups (broad SMARTS) is 1. The third kappa shape index (κ3) is 3.62. The van der Waals surface area contributed by atoms with Gasteiger partial charge in [0, 0.05) is 18.5 Å². The predicted octanol–water partition coefficient (Wildman–Crippen LogP) is 2.10. The molecule has 0 amide bonds. The van der Waals surface area contributed by atoms with E-state index in [-0.39, 0.29) is 12.5 Å². The first-order valence-corrected chi connectivity index (χ1v) is 7.46. The number of aromatic nitrogens is 2. The van der Waals surface area contributed by atoms with E-state index in [1.54, 1.807) is 23.1 Å². The molecule has 6 nitrogen and oxygen atoms in total. The summed E-state index contributed by atoms with van der Waals surface area (Å²) < 4.78 is 7.03. The number of nitrogens with zero attached hydrogens (tertiary/aromatic N) is 2. The first-order valence-electron chi connectivity index (χ1n) is 6.58. The molecule has 0 fully saturated rings. The molecule has 7 heteroatoms. The number of methoxy groups -OCH3 is 1. The minimum Gasteiger partial charge on any atom is -0.481 e. The minimum absolute atomic E-state index is 0.0438. The van der Waals surface area contributed by atoms with Gasteiger partial charge in [-0.25, -0.2) is 4.68 Å². The second kappa shape index (κ2) is 6.73. The number of carbonyl (C=O) groups is 1. The summed E-state index contributed by atoms with van der Waals surface area (Å²) in [6.07, 6.45) is 0.0438. The van der Waals surface area contributed by atoms with E-state index in [1.165, 1.54) is 0 Å². The van der Waals surface area contributed by atoms with Crippen LogP contribution in [0.25, 0.3) is 0 Å². The van der Waals surface area contributed by atoms with Crippen LogP contribution in [-0.4, -0.2) is 28.0 Å². The van der Waals surface area contributed by atoms with Crippen LogP contribution in [0, 0.1) is 6.92 Å². The maximum atomic E-state index is 11.0. The van der Waals surface area contributed by atoms with Crippen LogP contribution < -0.4 is 10.1 Å². The van der Waals surface area contributed by atoms with Crippen molar-refractivity contribution < 1.29 is 14.6 Å². The minimum atomic E-state index is -0.823. The molecule has 1 unspecified atom stereocenters. The van der Waals surface area contributed by atoms with Crippen LogP contribution >= 0.6 is 11.3 Å². The Labute approximate surface area is 127 Å². The average molecular weight is 309 g/mol. The van der Waals surface area contributed by atoms with E-state index in [2.05, 4.69) is 10.4 Å². The average Bonchev–Trinajstić information content (AvgIpc) is 3.02. The van der Waals surface area contributed by atoms with Crippen molar-refractivity contribution in [3.63, 3.8) is 0 Å². The summed E-state index contributed by atoms with van der Waals surface area (Å²) in [5, 5.41) is 18.6. The lowest BCUT2D eigenvalue weighted by molar-refractivity contribution is -0.137. The molecule has 2 aromatic heterocycles. The lowest BCUT2D eigenvalue weighted by Crippen LogP contribution is -2.23. The number of ether oxygens (including phenoxy) is 1. The maximum absolute atomic E-state index is 11.0. The topological polar surface area (TPSA) is 76.4 Å². The first-order chi connectivity index (χ1) is 10.0. The molecule has 0 aliphatic rings. The molecule has 21 heavy (non-hydrogen) atoms. The van der Waals surface area contributed by atoms with Crippen LogP contribution in [0.3, 0.4) is 0 Å². The van der Waals surface area contributed by atoms with Crippen LogP contribution in [0.5, 0.6) is 5.88 Å². The van der Waals surface area contributed by atoms with E-state index in [0.29, 0.717) is 12.4 Å². The lowest BCUT2D eigenvalue weighted by Gasteiger charge is -2.16. The highest BCUT2D eigenvalue weighted by Gasteiger charge is 2.19. The van der Waals surface area contributed by atoms with Gasteiger partial charge in [-0.05, 0) is 18.4 Å². The van der Waals surface area contributed by atoms with Gasteiger partial charge in [-0.2, -0.15) is 5.10 Å². The fourth-order valence-electron chi connectivity index (χ4n) is 2.30. The largest absolute Gasteiger partial charge is 0.481 e. The van der Waals surface area contributed by atoms with Gasteiger partial charge in [0.1, 0.15) is 0 Å². The Bertz CT molecular complexity index is 607. The first kappa shape index (κ1) is 15.5. The Hall–Kier alpha value is -1.86. The Kier molecular flexibility index (Phi) is 4.98. The normalized spacial score (nSPS) is 12.3. The second-order valence-electron chi connectivity index (χ2n) is 4.74. The smallest absolute Gasteiger partial charge is 0.305 e. The van der Waals surface area contributed by atoms with Crippen molar-refractivity contribution in [3.05, 3.63) is 33.6 Å². The summed E-state index contributed by atoms with van der Waals surface area (Å²) in [7, 11) is 3.43. The molecule has 2 rings (SSSR count). The van der Waals surface area contributed by atoms with Gasteiger partial charge in [0.2, 0.25) is 5.88 Å². The summed E-state index contributed by atoms with van der Waals surface area (Å²) in [6, 6.07) is 3.65. The molecule has 0 radical (unpaired) electrons. The van der Waals surface area contributed by atoms with Crippen LogP contribution in [0.4, 0.5) is 0 Å². The summed E-state index contributed by atoms with van der Waals surface area (Å²) in [6.45, 7) is 2.43. The SMILES string of the molecule is COc1c(CNC(CC(=O)O)c2cccs2)c(C)nn1C. The molecule has 2 heterocycles. The van der Waals surface area contributed by atoms with E-state index >= 15 is 0 Å². The number of nitrogens with one attached hydrogen (secondary N) is 1. The number of hydrogen-bond acceptors (Lipinski definition) is 5. The van der Waals surface area contributed by atoms with Crippen LogP contribution in [0.1, 0.15) is 28.6 Å². The van der Waals surface area contributed by atoms with E-state index in [0.717, 1.165) is 16.1 Å². The fourth-order valence-corrected chi connectivity index (χ4v) is 3.10. The molecule has 0 bridgehead atoms. The van der Waals surface area contributed by atoms with Gasteiger partial charge in [0.25, 0.3) is 0 Å². The third-order valence-electron chi connectivity index (χ3n) is 3.27. The molecule has 0 aromatic carbocycles. The third-order valence-corrected chi connectivity index (χ3v) is 4.26. The molecule has 0 aliphatic heterocycles. The lowest BCUT2D eigenvalue weighted by atomic mass is 10.1. The Morgan fingerprint density at radius 2 is 2.38 bits per heavy atom. The molecule has 0 aliphatic carbocycles. The summed E-state index contributed by atoms with van der Waals surface area (Å²) in [4.78, 5) is 12.0. The highest BCUT2D eigenvalue weighted by Crippen LogP contribution is 2.25. The number of rotatable bonds is 7. The van der Waals surface area contributed by atoms with Crippen molar-refractivity contribution in [3.8, 4) is 5.88 Å². The zero-order valence-electron chi connectivity index (χ0n) is 12.3. The summed E-state index contributed by atoms with van der Waals surface area (Å²) in [5.74, 6) is -0.129. The molecule has 0 saturated heterocycles. The van der Waals surface area contributed by atoms with Crippen LogP contribution in [0.15, 0.2) is 17.5 Å². The Balaban J connectivity index is 2.14. The van der Waals surface area contributed by atoms with Crippen molar-refractivity contribution in [1.82, 2.24) is 15.1 Å². The van der Waals surface area contributed by atoms with Gasteiger partial charge in [-0.15, -0.1) is 11.3 Å². The zero-order valence-corrected chi connectivity index (χ0v) is 13.1. The van der Waals surface area contributed by atoms with Gasteiger partial charge >= 0.3 is 5.97 Å². The molecule has 2 N–H and O–H groups in total. The monoisotopic (exact) mass is 309 g/mol. The summed E-state index contributed by atoms with van der Waals surface area (Å²) in [5.41, 5.74) is 1.83. The number of aryl methyl sites for hydroxylation is 2. The second-order valence-corrected chi connectivity index (χ2v) is 5.72. The van der Waals surface area contributed by atoms with Gasteiger partial charge in [-0.1, -0.05) is 6.07 Å². The predicted molar refractivity (Wildman–Crippen MR) is 80.6 cm³/mol. The summed E-state index contributed by atoms with van der Waals surface area (Å²) >= 11 is 1.55. The van der Waals surface area contributed by atoms with Crippen molar-refractivity contribution in [2.75, 3.05) is 7.11 Å². The molecule has 0 saturated carbocycles. The van der Waals surface area contributed by atoms with Gasteiger partial charge < -0.3 is 15.2 Å². The van der Waals surface area contributed by atoms with E-state index in [4.69, 9.17) is 9.84 Å². The molecule has 114 valence electrons. The quantitative estimate of drug-likeness (QED) is 0.819. The Morgan fingerprint density at radius 3 is 2.95 bits per heavy atom. The molecule has 2 aromatic rings. The van der Waals surface area contributed by atoms with Crippen molar-refractivity contribution >= 4 is 17.3 Å². The number of carboxylic acids is 1. The molecule has 0 spiro atoms.